The minimum atomic E-state index is -4.05. The van der Waals surface area contributed by atoms with Gasteiger partial charge in [-0.15, -0.1) is 0 Å². The Bertz CT molecular complexity index is 1900. The Morgan fingerprint density at radius 3 is 2.59 bits per heavy atom. The SMILES string of the molecule is [2H]C1([2H])/C=C\[C@H]2C[C@@]2(C(=O)NS(=O)(=O)C2CC2)CC(=O)[C@@H]2C[C@@H](OC(=O)N3Cc4cccc(F)c4C3)CN2C(=O)[C@@H](CC(=O)OC(C)(C)C)CCCC1([2H])[2H]. The molecule has 0 bridgehead atoms. The highest BCUT2D eigenvalue weighted by molar-refractivity contribution is 7.90. The first kappa shape index (κ1) is 31.9. The number of Topliss-reactive ketones (excluding diaryl/α,β-unsaturated/α-hetero) is 1. The third-order valence-electron chi connectivity index (χ3n) is 10.2. The fraction of sp³-hybridized carbons (Fsp3) is 0.649. The van der Waals surface area contributed by atoms with Gasteiger partial charge >= 0.3 is 12.1 Å². The van der Waals surface area contributed by atoms with Gasteiger partial charge in [-0.05, 0) is 76.7 Å². The van der Waals surface area contributed by atoms with Gasteiger partial charge in [0, 0.05) is 36.4 Å². The number of ketones is 1. The van der Waals surface area contributed by atoms with Crippen LogP contribution in [0.15, 0.2) is 30.4 Å². The van der Waals surface area contributed by atoms with E-state index in [0.717, 1.165) is 6.08 Å². The molecule has 2 aliphatic carbocycles. The van der Waals surface area contributed by atoms with Crippen molar-refractivity contribution in [3.05, 3.63) is 47.3 Å². The first-order chi connectivity index (χ1) is 25.5. The Hall–Kier alpha value is -3.81. The number of nitrogens with zero attached hydrogens (tertiary/aromatic N) is 2. The molecule has 2 saturated carbocycles. The van der Waals surface area contributed by atoms with Gasteiger partial charge in [-0.3, -0.25) is 28.8 Å². The highest BCUT2D eigenvalue weighted by atomic mass is 32.2. The van der Waals surface area contributed by atoms with E-state index in [1.165, 1.54) is 28.0 Å². The summed E-state index contributed by atoms with van der Waals surface area (Å²) in [5.74, 6) is -5.38. The van der Waals surface area contributed by atoms with Gasteiger partial charge < -0.3 is 14.4 Å². The van der Waals surface area contributed by atoms with E-state index >= 15 is 0 Å². The molecule has 0 unspecified atom stereocenters. The maximum Gasteiger partial charge on any atom is 0.410 e. The van der Waals surface area contributed by atoms with Crippen molar-refractivity contribution in [2.24, 2.45) is 17.3 Å². The summed E-state index contributed by atoms with van der Waals surface area (Å²) >= 11 is 0. The van der Waals surface area contributed by atoms with Crippen LogP contribution < -0.4 is 4.72 Å². The van der Waals surface area contributed by atoms with Crippen LogP contribution in [0, 0.1) is 23.1 Å². The van der Waals surface area contributed by atoms with Crippen molar-refractivity contribution < 1.29 is 51.7 Å². The largest absolute Gasteiger partial charge is 0.460 e. The lowest BCUT2D eigenvalue weighted by Crippen LogP contribution is -2.46. The molecule has 14 heteroatoms. The lowest BCUT2D eigenvalue weighted by Gasteiger charge is -2.29. The van der Waals surface area contributed by atoms with Gasteiger partial charge in [-0.2, -0.15) is 0 Å². The molecule has 1 N–H and O–H groups in total. The smallest absolute Gasteiger partial charge is 0.410 e. The van der Waals surface area contributed by atoms with Crippen molar-refractivity contribution in [2.75, 3.05) is 6.54 Å². The third-order valence-corrected chi connectivity index (χ3v) is 12.0. The normalized spacial score (nSPS) is 32.3. The van der Waals surface area contributed by atoms with E-state index < -0.39 is 111 Å². The molecule has 12 nitrogen and oxygen atoms in total. The summed E-state index contributed by atoms with van der Waals surface area (Å²) in [5.41, 5.74) is -1.56. The van der Waals surface area contributed by atoms with Crippen molar-refractivity contribution in [3.8, 4) is 0 Å². The van der Waals surface area contributed by atoms with Gasteiger partial charge in [-0.1, -0.05) is 37.1 Å². The van der Waals surface area contributed by atoms with E-state index in [4.69, 9.17) is 15.0 Å². The maximum atomic E-state index is 14.5. The van der Waals surface area contributed by atoms with E-state index in [-0.39, 0.29) is 51.7 Å². The molecule has 6 rings (SSSR count). The fourth-order valence-corrected chi connectivity index (χ4v) is 8.66. The number of ether oxygens (including phenoxy) is 2. The molecule has 1 saturated heterocycles. The molecule has 3 aliphatic heterocycles. The van der Waals surface area contributed by atoms with Crippen molar-refractivity contribution in [1.29, 1.82) is 0 Å². The fourth-order valence-electron chi connectivity index (χ4n) is 7.27. The Morgan fingerprint density at radius 1 is 1.12 bits per heavy atom. The minimum absolute atomic E-state index is 0.0225. The van der Waals surface area contributed by atoms with Crippen LogP contribution >= 0.6 is 0 Å². The number of halogens is 1. The highest BCUT2D eigenvalue weighted by Gasteiger charge is 2.61. The van der Waals surface area contributed by atoms with Gasteiger partial charge in [0.25, 0.3) is 0 Å². The Labute approximate surface area is 304 Å². The zero-order chi connectivity index (χ0) is 40.3. The van der Waals surface area contributed by atoms with Crippen molar-refractivity contribution in [1.82, 2.24) is 14.5 Å². The van der Waals surface area contributed by atoms with Gasteiger partial charge in [0.2, 0.25) is 21.8 Å². The molecule has 1 aromatic rings. The number of carbonyl (C=O) groups excluding carboxylic acids is 5. The Morgan fingerprint density at radius 2 is 1.88 bits per heavy atom. The van der Waals surface area contributed by atoms with Crippen LogP contribution in [-0.4, -0.2) is 77.4 Å². The van der Waals surface area contributed by atoms with Crippen LogP contribution in [0.4, 0.5) is 9.18 Å². The Kier molecular flexibility index (Phi) is 8.95. The molecular formula is C37H48FN3O9S. The molecule has 0 aromatic heterocycles. The van der Waals surface area contributed by atoms with Crippen LogP contribution in [-0.2, 0) is 51.8 Å². The molecule has 3 fully saturated rings. The van der Waals surface area contributed by atoms with E-state index in [2.05, 4.69) is 4.72 Å². The summed E-state index contributed by atoms with van der Waals surface area (Å²) in [4.78, 5) is 71.6. The van der Waals surface area contributed by atoms with Crippen molar-refractivity contribution >= 4 is 39.7 Å². The molecular weight excluding hydrogens is 681 g/mol. The average molecular weight is 734 g/mol. The van der Waals surface area contributed by atoms with Crippen LogP contribution in [0.5, 0.6) is 0 Å². The predicted molar refractivity (Wildman–Crippen MR) is 182 cm³/mol. The average Bonchev–Trinajstić information content (AvgIpc) is 3.96. The second kappa shape index (κ2) is 14.3. The van der Waals surface area contributed by atoms with Gasteiger partial charge in [0.15, 0.2) is 5.78 Å². The summed E-state index contributed by atoms with van der Waals surface area (Å²) in [7, 11) is -4.05. The number of nitrogens with one attached hydrogen (secondary N) is 1. The van der Waals surface area contributed by atoms with E-state index in [0.29, 0.717) is 24.0 Å². The number of allylic oxidation sites excluding steroid dienone is 2. The molecule has 3 heterocycles. The molecule has 1 aromatic carbocycles. The quantitative estimate of drug-likeness (QED) is 0.324. The zero-order valence-corrected chi connectivity index (χ0v) is 29.9. The molecule has 0 spiro atoms. The molecule has 3 amide bonds. The summed E-state index contributed by atoms with van der Waals surface area (Å²) < 4.78 is 87.9. The number of fused-ring (bicyclic) bond motifs is 3. The lowest BCUT2D eigenvalue weighted by atomic mass is 9.90. The summed E-state index contributed by atoms with van der Waals surface area (Å²) in [6.07, 6.45) is -5.37. The first-order valence-electron chi connectivity index (χ1n) is 19.5. The summed E-state index contributed by atoms with van der Waals surface area (Å²) in [6, 6.07) is 3.27. The van der Waals surface area contributed by atoms with Gasteiger partial charge in [-0.25, -0.2) is 17.6 Å². The van der Waals surface area contributed by atoms with Crippen LogP contribution in [0.2, 0.25) is 0 Å². The highest BCUT2D eigenvalue weighted by Crippen LogP contribution is 2.57. The second-order valence-electron chi connectivity index (χ2n) is 15.3. The van der Waals surface area contributed by atoms with E-state index in [1.54, 1.807) is 26.8 Å². The topological polar surface area (TPSA) is 156 Å². The summed E-state index contributed by atoms with van der Waals surface area (Å²) in [5, 5.41) is -0.750. The maximum absolute atomic E-state index is 14.5. The van der Waals surface area contributed by atoms with Crippen LogP contribution in [0.1, 0.15) is 108 Å². The number of carbonyl (C=O) groups is 5. The molecule has 51 heavy (non-hydrogen) atoms. The predicted octanol–water partition coefficient (Wildman–Crippen LogP) is 4.69. The number of rotatable bonds is 6. The van der Waals surface area contributed by atoms with Gasteiger partial charge in [0.05, 0.1) is 36.2 Å². The number of esters is 1. The minimum Gasteiger partial charge on any atom is -0.460 e. The zero-order valence-electron chi connectivity index (χ0n) is 33.1. The van der Waals surface area contributed by atoms with Crippen molar-refractivity contribution in [3.63, 3.8) is 0 Å². The molecule has 0 radical (unpaired) electrons. The lowest BCUT2D eigenvalue weighted by molar-refractivity contribution is -0.159. The first-order valence-corrected chi connectivity index (χ1v) is 19.1. The number of benzene rings is 1. The second-order valence-corrected chi connectivity index (χ2v) is 17.3. The Balaban J connectivity index is 1.31. The molecule has 5 atom stereocenters. The summed E-state index contributed by atoms with van der Waals surface area (Å²) in [6.45, 7) is 4.75. The van der Waals surface area contributed by atoms with E-state index in [1.807, 2.05) is 0 Å². The van der Waals surface area contributed by atoms with Gasteiger partial charge in [0.1, 0.15) is 17.5 Å². The number of sulfonamides is 1. The number of amides is 3. The van der Waals surface area contributed by atoms with E-state index in [9.17, 15) is 36.8 Å². The number of hydrogen-bond donors (Lipinski definition) is 1. The van der Waals surface area contributed by atoms with Crippen LogP contribution in [0.25, 0.3) is 0 Å². The third kappa shape index (κ3) is 8.47. The standard InChI is InChI=1S/C37H48FN3O9S/c1-36(2,3)50-32(43)16-23-10-7-5-4-6-8-12-25-18-37(25,34(45)39-51(47,48)27-14-15-27)19-31(42)30-17-26(21-41(30)33(23)44)49-35(46)40-20-24-11-9-13-29(38)28(24)22-40/h8-9,11-13,23,25-27,30H,4-7,10,14-22H2,1-3H3,(H,39,45)/b12-8-/t23-,25+,26-,30+,37-/m1/s1/i4D2,6D2. The van der Waals surface area contributed by atoms with Crippen LogP contribution in [0.3, 0.4) is 0 Å². The monoisotopic (exact) mass is 733 g/mol. The number of hydrogen-bond acceptors (Lipinski definition) is 9. The van der Waals surface area contributed by atoms with Crippen molar-refractivity contribution in [2.45, 2.75) is 127 Å². The molecule has 278 valence electrons. The molecule has 5 aliphatic rings.